The van der Waals surface area contributed by atoms with Crippen molar-refractivity contribution < 1.29 is 0 Å². The molecule has 0 saturated heterocycles. The first-order chi connectivity index (χ1) is 7.58. The van der Waals surface area contributed by atoms with Crippen molar-refractivity contribution in [3.8, 4) is 10.6 Å². The van der Waals surface area contributed by atoms with Crippen LogP contribution >= 0.6 is 22.9 Å². The van der Waals surface area contributed by atoms with Crippen LogP contribution in [0.5, 0.6) is 0 Å². The Bertz CT molecular complexity index is 488. The fourth-order valence-corrected chi connectivity index (χ4v) is 2.64. The zero-order chi connectivity index (χ0) is 11.7. The molecule has 0 aliphatic heterocycles. The van der Waals surface area contributed by atoms with Crippen molar-refractivity contribution in [1.82, 2.24) is 4.98 Å². The topological polar surface area (TPSA) is 16.1 Å². The maximum atomic E-state index is 5.86. The van der Waals surface area contributed by atoms with E-state index in [1.54, 1.807) is 11.3 Å². The van der Waals surface area contributed by atoms with Gasteiger partial charge < -0.3 is 4.90 Å². The molecule has 0 spiro atoms. The summed E-state index contributed by atoms with van der Waals surface area (Å²) in [5.41, 5.74) is 2.19. The van der Waals surface area contributed by atoms with Crippen LogP contribution in [0.1, 0.15) is 5.69 Å². The highest BCUT2D eigenvalue weighted by Crippen LogP contribution is 2.33. The number of aromatic nitrogens is 1. The lowest BCUT2D eigenvalue weighted by Gasteiger charge is -2.08. The van der Waals surface area contributed by atoms with Gasteiger partial charge in [0.05, 0.1) is 5.69 Å². The number of hydrogen-bond donors (Lipinski definition) is 0. The molecule has 2 nitrogen and oxygen atoms in total. The number of rotatable bonds is 2. The summed E-state index contributed by atoms with van der Waals surface area (Å²) in [6.07, 6.45) is 0. The number of halogens is 1. The molecule has 2 aromatic rings. The van der Waals surface area contributed by atoms with E-state index in [9.17, 15) is 0 Å². The van der Waals surface area contributed by atoms with Crippen molar-refractivity contribution in [2.75, 3.05) is 19.0 Å². The molecule has 0 amide bonds. The minimum Gasteiger partial charge on any atom is -0.368 e. The minimum atomic E-state index is 0.755. The second kappa shape index (κ2) is 4.44. The van der Waals surface area contributed by atoms with Crippen LogP contribution in [0, 0.1) is 6.92 Å². The number of hydrogen-bond acceptors (Lipinski definition) is 3. The summed E-state index contributed by atoms with van der Waals surface area (Å²) >= 11 is 7.56. The van der Waals surface area contributed by atoms with E-state index in [-0.39, 0.29) is 0 Å². The van der Waals surface area contributed by atoms with Gasteiger partial charge in [-0.25, -0.2) is 4.98 Å². The van der Waals surface area contributed by atoms with Crippen molar-refractivity contribution in [1.29, 1.82) is 0 Å². The molecule has 0 radical (unpaired) electrons. The van der Waals surface area contributed by atoms with Gasteiger partial charge in [-0.2, -0.15) is 0 Å². The monoisotopic (exact) mass is 252 g/mol. The van der Waals surface area contributed by atoms with E-state index in [2.05, 4.69) is 9.88 Å². The van der Waals surface area contributed by atoms with Crippen LogP contribution in [0.4, 0.5) is 5.00 Å². The largest absolute Gasteiger partial charge is 0.368 e. The Morgan fingerprint density at radius 2 is 1.81 bits per heavy atom. The summed E-state index contributed by atoms with van der Waals surface area (Å²) in [6.45, 7) is 2.03. The molecule has 0 saturated carbocycles. The number of aryl methyl sites for hydroxylation is 1. The van der Waals surface area contributed by atoms with Gasteiger partial charge in [0.2, 0.25) is 0 Å². The van der Waals surface area contributed by atoms with Crippen molar-refractivity contribution in [3.63, 3.8) is 0 Å². The Morgan fingerprint density at radius 1 is 1.19 bits per heavy atom. The molecule has 0 atom stereocenters. The van der Waals surface area contributed by atoms with Gasteiger partial charge in [0.25, 0.3) is 0 Å². The lowest BCUT2D eigenvalue weighted by atomic mass is 10.2. The predicted molar refractivity (Wildman–Crippen MR) is 71.6 cm³/mol. The number of thiazole rings is 1. The second-order valence-corrected chi connectivity index (χ2v) is 5.22. The minimum absolute atomic E-state index is 0.755. The van der Waals surface area contributed by atoms with Crippen LogP contribution < -0.4 is 4.90 Å². The Morgan fingerprint density at radius 3 is 2.31 bits per heavy atom. The summed E-state index contributed by atoms with van der Waals surface area (Å²) in [7, 11) is 4.07. The van der Waals surface area contributed by atoms with Gasteiger partial charge in [-0.1, -0.05) is 35.1 Å². The van der Waals surface area contributed by atoms with E-state index in [4.69, 9.17) is 11.6 Å². The smallest absolute Gasteiger partial charge is 0.125 e. The van der Waals surface area contributed by atoms with Gasteiger partial charge in [-0.3, -0.25) is 0 Å². The first-order valence-electron chi connectivity index (χ1n) is 4.98. The zero-order valence-corrected chi connectivity index (χ0v) is 11.1. The summed E-state index contributed by atoms with van der Waals surface area (Å²) in [5, 5.41) is 2.99. The van der Waals surface area contributed by atoms with Crippen molar-refractivity contribution >= 4 is 27.9 Å². The van der Waals surface area contributed by atoms with Crippen LogP contribution in [-0.2, 0) is 0 Å². The molecule has 0 aliphatic rings. The molecule has 4 heteroatoms. The number of anilines is 1. The average molecular weight is 253 g/mol. The van der Waals surface area contributed by atoms with Gasteiger partial charge in [0.1, 0.15) is 10.0 Å². The van der Waals surface area contributed by atoms with Gasteiger partial charge in [0.15, 0.2) is 0 Å². The molecule has 0 aliphatic carbocycles. The summed E-state index contributed by atoms with van der Waals surface area (Å²) in [5.74, 6) is 0. The maximum Gasteiger partial charge on any atom is 0.125 e. The van der Waals surface area contributed by atoms with Crippen LogP contribution in [0.25, 0.3) is 10.6 Å². The van der Waals surface area contributed by atoms with E-state index in [0.29, 0.717) is 0 Å². The van der Waals surface area contributed by atoms with Crippen LogP contribution in [0.3, 0.4) is 0 Å². The van der Waals surface area contributed by atoms with E-state index in [1.165, 1.54) is 5.00 Å². The summed E-state index contributed by atoms with van der Waals surface area (Å²) in [4.78, 5) is 6.66. The molecule has 2 rings (SSSR count). The number of benzene rings is 1. The van der Waals surface area contributed by atoms with E-state index < -0.39 is 0 Å². The molecule has 1 aromatic carbocycles. The van der Waals surface area contributed by atoms with Crippen LogP contribution in [-0.4, -0.2) is 19.1 Å². The molecule has 84 valence electrons. The molecule has 16 heavy (non-hydrogen) atoms. The molecule has 0 fully saturated rings. The Balaban J connectivity index is 2.41. The fraction of sp³-hybridized carbons (Fsp3) is 0.250. The van der Waals surface area contributed by atoms with E-state index >= 15 is 0 Å². The summed E-state index contributed by atoms with van der Waals surface area (Å²) in [6, 6.07) is 7.78. The molecule has 0 N–H and O–H groups in total. The normalized spacial score (nSPS) is 10.5. The van der Waals surface area contributed by atoms with Crippen LogP contribution in [0.2, 0.25) is 5.02 Å². The Hall–Kier alpha value is -1.06. The highest BCUT2D eigenvalue weighted by atomic mass is 35.5. The highest BCUT2D eigenvalue weighted by Gasteiger charge is 2.10. The Kier molecular flexibility index (Phi) is 3.17. The summed E-state index contributed by atoms with van der Waals surface area (Å²) < 4.78 is 0. The van der Waals surface area contributed by atoms with E-state index in [0.717, 1.165) is 21.3 Å². The first kappa shape index (κ1) is 11.4. The third-order valence-electron chi connectivity index (χ3n) is 2.27. The van der Waals surface area contributed by atoms with Crippen molar-refractivity contribution in [2.24, 2.45) is 0 Å². The molecule has 0 unspecified atom stereocenters. The van der Waals surface area contributed by atoms with Gasteiger partial charge in [0, 0.05) is 24.7 Å². The Labute approximate surface area is 105 Å². The van der Waals surface area contributed by atoms with Gasteiger partial charge in [-0.15, -0.1) is 0 Å². The second-order valence-electron chi connectivity index (χ2n) is 3.81. The third-order valence-corrected chi connectivity index (χ3v) is 3.90. The van der Waals surface area contributed by atoms with Crippen molar-refractivity contribution in [2.45, 2.75) is 6.92 Å². The van der Waals surface area contributed by atoms with E-state index in [1.807, 2.05) is 45.3 Å². The number of nitrogens with zero attached hydrogens (tertiary/aromatic N) is 2. The lowest BCUT2D eigenvalue weighted by molar-refractivity contribution is 1.12. The quantitative estimate of drug-likeness (QED) is 0.807. The average Bonchev–Trinajstić information content (AvgIpc) is 2.61. The molecular formula is C12H13ClN2S. The van der Waals surface area contributed by atoms with Crippen molar-refractivity contribution in [3.05, 3.63) is 35.0 Å². The molecular weight excluding hydrogens is 240 g/mol. The van der Waals surface area contributed by atoms with Gasteiger partial charge >= 0.3 is 0 Å². The fourth-order valence-electron chi connectivity index (χ4n) is 1.52. The molecule has 1 aromatic heterocycles. The van der Waals surface area contributed by atoms with Gasteiger partial charge in [-0.05, 0) is 19.1 Å². The zero-order valence-electron chi connectivity index (χ0n) is 9.49. The highest BCUT2D eigenvalue weighted by molar-refractivity contribution is 7.19. The predicted octanol–water partition coefficient (Wildman–Crippen LogP) is 3.84. The SMILES string of the molecule is Cc1nc(-c2ccc(Cl)cc2)sc1N(C)C. The third kappa shape index (κ3) is 2.20. The standard InChI is InChI=1S/C12H13ClN2S/c1-8-12(15(2)3)16-11(14-8)9-4-6-10(13)7-5-9/h4-7H,1-3H3. The van der Waals surface area contributed by atoms with Crippen LogP contribution in [0.15, 0.2) is 24.3 Å². The first-order valence-corrected chi connectivity index (χ1v) is 6.18. The molecule has 1 heterocycles. The maximum absolute atomic E-state index is 5.86. The lowest BCUT2D eigenvalue weighted by Crippen LogP contribution is -2.07. The molecule has 0 bridgehead atoms.